The van der Waals surface area contributed by atoms with Gasteiger partial charge < -0.3 is 14.1 Å². The van der Waals surface area contributed by atoms with Crippen molar-refractivity contribution in [3.63, 3.8) is 0 Å². The van der Waals surface area contributed by atoms with Gasteiger partial charge in [-0.05, 0) is 63.1 Å². The van der Waals surface area contributed by atoms with Crippen LogP contribution in [-0.4, -0.2) is 60.1 Å². The maximum atomic E-state index is 12.7. The summed E-state index contributed by atoms with van der Waals surface area (Å²) in [5, 5.41) is 10.1. The highest BCUT2D eigenvalue weighted by atomic mass is 16.5. The van der Waals surface area contributed by atoms with Crippen LogP contribution in [0.2, 0.25) is 0 Å². The van der Waals surface area contributed by atoms with Crippen LogP contribution in [0.1, 0.15) is 49.2 Å². The number of morpholine rings is 1. The first kappa shape index (κ1) is 26.6. The molecule has 0 radical (unpaired) electrons. The molecule has 4 aromatic rings. The quantitative estimate of drug-likeness (QED) is 0.292. The molecule has 0 unspecified atom stereocenters. The Labute approximate surface area is 229 Å². The third kappa shape index (κ3) is 5.06. The molecule has 0 N–H and O–H groups in total. The van der Waals surface area contributed by atoms with Crippen molar-refractivity contribution in [2.24, 2.45) is 0 Å². The monoisotopic (exact) mass is 522 g/mol. The molecule has 2 aromatic heterocycles. The van der Waals surface area contributed by atoms with Gasteiger partial charge in [-0.25, -0.2) is 0 Å². The van der Waals surface area contributed by atoms with Crippen LogP contribution in [0.25, 0.3) is 33.6 Å². The van der Waals surface area contributed by atoms with Crippen molar-refractivity contribution in [1.82, 2.24) is 14.8 Å². The number of nitriles is 1. The van der Waals surface area contributed by atoms with Crippen molar-refractivity contribution in [2.45, 2.75) is 33.2 Å². The average molecular weight is 523 g/mol. The minimum Gasteiger partial charge on any atom is -0.454 e. The van der Waals surface area contributed by atoms with E-state index in [1.165, 1.54) is 0 Å². The Bertz CT molecular complexity index is 1520. The van der Waals surface area contributed by atoms with E-state index >= 15 is 0 Å². The molecular weight excluding hydrogens is 488 g/mol. The van der Waals surface area contributed by atoms with Gasteiger partial charge in [-0.3, -0.25) is 14.7 Å². The fourth-order valence-electron chi connectivity index (χ4n) is 5.41. The Hall–Kier alpha value is -3.99. The molecule has 7 nitrogen and oxygen atoms in total. The smallest absolute Gasteiger partial charge is 0.253 e. The van der Waals surface area contributed by atoms with Gasteiger partial charge in [0.2, 0.25) is 0 Å². The number of ether oxygens (including phenoxy) is 1. The Morgan fingerprint density at radius 1 is 1.03 bits per heavy atom. The first-order chi connectivity index (χ1) is 18.9. The van der Waals surface area contributed by atoms with Crippen LogP contribution in [0.3, 0.4) is 0 Å². The van der Waals surface area contributed by atoms with Crippen molar-refractivity contribution in [3.05, 3.63) is 77.5 Å². The van der Waals surface area contributed by atoms with E-state index in [1.54, 1.807) is 11.1 Å². The lowest BCUT2D eigenvalue weighted by Crippen LogP contribution is -2.48. The molecule has 0 bridgehead atoms. The molecule has 39 heavy (non-hydrogen) atoms. The predicted molar refractivity (Wildman–Crippen MR) is 152 cm³/mol. The Kier molecular flexibility index (Phi) is 7.51. The third-order valence-corrected chi connectivity index (χ3v) is 7.79. The van der Waals surface area contributed by atoms with Gasteiger partial charge in [-0.2, -0.15) is 5.26 Å². The van der Waals surface area contributed by atoms with Gasteiger partial charge in [0.05, 0.1) is 24.8 Å². The summed E-state index contributed by atoms with van der Waals surface area (Å²) in [7, 11) is 0. The summed E-state index contributed by atoms with van der Waals surface area (Å²) in [6, 6.07) is 19.8. The zero-order chi connectivity index (χ0) is 27.6. The lowest BCUT2D eigenvalue weighted by molar-refractivity contribution is -0.0118. The normalized spacial score (nSPS) is 14.3. The highest BCUT2D eigenvalue weighted by Gasteiger charge is 2.32. The number of hydrogen-bond acceptors (Lipinski definition) is 6. The van der Waals surface area contributed by atoms with Crippen LogP contribution >= 0.6 is 0 Å². The van der Waals surface area contributed by atoms with E-state index in [0.29, 0.717) is 48.8 Å². The number of nitrogens with zero attached hydrogens (tertiary/aromatic N) is 4. The van der Waals surface area contributed by atoms with Gasteiger partial charge in [-0.15, -0.1) is 0 Å². The van der Waals surface area contributed by atoms with Gasteiger partial charge >= 0.3 is 0 Å². The van der Waals surface area contributed by atoms with Crippen molar-refractivity contribution < 1.29 is 13.9 Å². The van der Waals surface area contributed by atoms with Gasteiger partial charge in [0.1, 0.15) is 11.3 Å². The summed E-state index contributed by atoms with van der Waals surface area (Å²) in [6.07, 6.45) is 1.76. The van der Waals surface area contributed by atoms with Gasteiger partial charge in [-0.1, -0.05) is 24.3 Å². The van der Waals surface area contributed by atoms with Crippen molar-refractivity contribution in [3.8, 4) is 28.5 Å². The van der Waals surface area contributed by atoms with E-state index in [1.807, 2.05) is 56.3 Å². The van der Waals surface area contributed by atoms with Crippen molar-refractivity contribution in [1.29, 1.82) is 5.26 Å². The van der Waals surface area contributed by atoms with Crippen LogP contribution in [0.15, 0.2) is 65.2 Å². The molecule has 1 amide bonds. The summed E-state index contributed by atoms with van der Waals surface area (Å²) in [5.41, 5.74) is 6.07. The predicted octanol–water partition coefficient (Wildman–Crippen LogP) is 6.08. The summed E-state index contributed by atoms with van der Waals surface area (Å²) >= 11 is 0. The van der Waals surface area contributed by atoms with E-state index in [4.69, 9.17) is 9.15 Å². The number of rotatable bonds is 7. The average Bonchev–Trinajstić information content (AvgIpc) is 3.42. The van der Waals surface area contributed by atoms with Gasteiger partial charge in [0, 0.05) is 60.7 Å². The molecular formula is C32H34N4O3. The zero-order valence-electron chi connectivity index (χ0n) is 23.0. The fraction of sp³-hybridized carbons (Fsp3) is 0.344. The second-order valence-corrected chi connectivity index (χ2v) is 10.3. The third-order valence-electron chi connectivity index (χ3n) is 7.79. The van der Waals surface area contributed by atoms with Crippen LogP contribution in [-0.2, 0) is 10.3 Å². The highest BCUT2D eigenvalue weighted by molar-refractivity contribution is 5.95. The zero-order valence-corrected chi connectivity index (χ0v) is 23.0. The summed E-state index contributed by atoms with van der Waals surface area (Å²) in [4.78, 5) is 21.4. The van der Waals surface area contributed by atoms with Crippen LogP contribution < -0.4 is 0 Å². The standard InChI is InChI=1S/C32H34N4O3/c1-5-35(6-2)31(37)23-9-7-22(8-10-23)29-20-28-30(39-29)26(13-14-34-28)24-11-12-27(25(19-24)21-33)32(3,4)36-15-17-38-18-16-36/h7-14,19-20H,5-6,15-18H2,1-4H3. The number of pyridine rings is 1. The van der Waals surface area contributed by atoms with Crippen molar-refractivity contribution in [2.75, 3.05) is 39.4 Å². The number of amides is 1. The lowest BCUT2D eigenvalue weighted by atomic mass is 9.86. The van der Waals surface area contributed by atoms with E-state index in [9.17, 15) is 10.1 Å². The number of carbonyl (C=O) groups is 1. The van der Waals surface area contributed by atoms with E-state index in [2.05, 4.69) is 41.9 Å². The second-order valence-electron chi connectivity index (χ2n) is 10.3. The molecule has 0 saturated carbocycles. The summed E-state index contributed by atoms with van der Waals surface area (Å²) < 4.78 is 11.9. The maximum absolute atomic E-state index is 12.7. The van der Waals surface area contributed by atoms with Gasteiger partial charge in [0.25, 0.3) is 5.91 Å². The first-order valence-electron chi connectivity index (χ1n) is 13.5. The Balaban J connectivity index is 1.48. The molecule has 2 aromatic carbocycles. The first-order valence-corrected chi connectivity index (χ1v) is 13.5. The van der Waals surface area contributed by atoms with E-state index in [-0.39, 0.29) is 11.4 Å². The Morgan fingerprint density at radius 2 is 1.72 bits per heavy atom. The van der Waals surface area contributed by atoms with Crippen molar-refractivity contribution >= 4 is 17.0 Å². The van der Waals surface area contributed by atoms with Gasteiger partial charge in [0.15, 0.2) is 5.58 Å². The molecule has 1 fully saturated rings. The van der Waals surface area contributed by atoms with E-state index < -0.39 is 0 Å². The second kappa shape index (κ2) is 11.0. The molecule has 3 heterocycles. The summed E-state index contributed by atoms with van der Waals surface area (Å²) in [6.45, 7) is 12.7. The summed E-state index contributed by atoms with van der Waals surface area (Å²) in [5.74, 6) is 0.700. The fourth-order valence-corrected chi connectivity index (χ4v) is 5.41. The molecule has 200 valence electrons. The molecule has 1 saturated heterocycles. The Morgan fingerprint density at radius 3 is 2.38 bits per heavy atom. The maximum Gasteiger partial charge on any atom is 0.253 e. The molecule has 0 aliphatic carbocycles. The molecule has 1 aliphatic heterocycles. The molecule has 7 heteroatoms. The van der Waals surface area contributed by atoms with Crippen LogP contribution in [0, 0.1) is 11.3 Å². The minimum absolute atomic E-state index is 0.0219. The number of hydrogen-bond donors (Lipinski definition) is 0. The number of aromatic nitrogens is 1. The largest absolute Gasteiger partial charge is 0.454 e. The molecule has 1 aliphatic rings. The molecule has 5 rings (SSSR count). The minimum atomic E-state index is -0.294. The number of carbonyl (C=O) groups excluding carboxylic acids is 1. The highest BCUT2D eigenvalue weighted by Crippen LogP contribution is 2.37. The van der Waals surface area contributed by atoms with Crippen LogP contribution in [0.5, 0.6) is 0 Å². The SMILES string of the molecule is CCN(CC)C(=O)c1ccc(-c2cc3nccc(-c4ccc(C(C)(C)N5CCOCC5)c(C#N)c4)c3o2)cc1. The molecule has 0 spiro atoms. The number of furan rings is 1. The van der Waals surface area contributed by atoms with Crippen LogP contribution in [0.4, 0.5) is 0 Å². The lowest BCUT2D eigenvalue weighted by Gasteiger charge is -2.41. The number of benzene rings is 2. The van der Waals surface area contributed by atoms with E-state index in [0.717, 1.165) is 40.9 Å². The molecule has 0 atom stereocenters. The number of fused-ring (bicyclic) bond motifs is 1. The topological polar surface area (TPSA) is 82.6 Å².